The van der Waals surface area contributed by atoms with E-state index in [4.69, 9.17) is 11.6 Å². The van der Waals surface area contributed by atoms with E-state index >= 15 is 0 Å². The van der Waals surface area contributed by atoms with Crippen LogP contribution in [0.15, 0.2) is 16.6 Å². The molecule has 1 rings (SSSR count). The first-order chi connectivity index (χ1) is 4.61. The highest BCUT2D eigenvalue weighted by Crippen LogP contribution is 2.27. The van der Waals surface area contributed by atoms with Crippen molar-refractivity contribution in [1.29, 1.82) is 0 Å². The van der Waals surface area contributed by atoms with E-state index < -0.39 is 0 Å². The lowest BCUT2D eigenvalue weighted by atomic mass is 10.3. The molecule has 0 saturated heterocycles. The number of halogens is 4. The SMILES string of the molecule is Fc1cc(Cl)c(I)c(Br)c1. The maximum absolute atomic E-state index is 12.5. The molecule has 0 aliphatic rings. The molecule has 0 atom stereocenters. The van der Waals surface area contributed by atoms with Crippen molar-refractivity contribution >= 4 is 50.1 Å². The standard InChI is InChI=1S/C6H2BrClFI/c7-4-1-3(9)2-5(8)6(4)10/h1-2H. The van der Waals surface area contributed by atoms with Crippen LogP contribution in [-0.4, -0.2) is 0 Å². The summed E-state index contributed by atoms with van der Waals surface area (Å²) >= 11 is 10.8. The van der Waals surface area contributed by atoms with Crippen molar-refractivity contribution in [2.45, 2.75) is 0 Å². The van der Waals surface area contributed by atoms with Gasteiger partial charge in [-0.2, -0.15) is 0 Å². The van der Waals surface area contributed by atoms with Crippen LogP contribution in [0.5, 0.6) is 0 Å². The van der Waals surface area contributed by atoms with Crippen molar-refractivity contribution in [1.82, 2.24) is 0 Å². The minimum atomic E-state index is -0.322. The third-order valence-electron chi connectivity index (χ3n) is 0.949. The molecular formula is C6H2BrClFI. The van der Waals surface area contributed by atoms with E-state index in [1.54, 1.807) is 0 Å². The second-order valence-electron chi connectivity index (χ2n) is 1.68. The fourth-order valence-corrected chi connectivity index (χ4v) is 1.59. The summed E-state index contributed by atoms with van der Waals surface area (Å²) in [4.78, 5) is 0. The fourth-order valence-electron chi connectivity index (χ4n) is 0.525. The van der Waals surface area contributed by atoms with Crippen molar-refractivity contribution in [3.63, 3.8) is 0 Å². The molecular weight excluding hydrogens is 333 g/mol. The Bertz CT molecular complexity index is 241. The van der Waals surface area contributed by atoms with Gasteiger partial charge in [0, 0.05) is 8.04 Å². The molecule has 0 bridgehead atoms. The van der Waals surface area contributed by atoms with E-state index in [2.05, 4.69) is 15.9 Å². The summed E-state index contributed by atoms with van der Waals surface area (Å²) in [5.74, 6) is -0.322. The van der Waals surface area contributed by atoms with Crippen LogP contribution in [0.2, 0.25) is 5.02 Å². The normalized spacial score (nSPS) is 10.0. The molecule has 54 valence electrons. The molecule has 0 amide bonds. The van der Waals surface area contributed by atoms with Gasteiger partial charge in [0.1, 0.15) is 5.82 Å². The zero-order valence-corrected chi connectivity index (χ0v) is 9.17. The minimum Gasteiger partial charge on any atom is -0.207 e. The first-order valence-electron chi connectivity index (χ1n) is 2.41. The molecule has 10 heavy (non-hydrogen) atoms. The van der Waals surface area contributed by atoms with E-state index in [0.717, 1.165) is 3.57 Å². The highest BCUT2D eigenvalue weighted by Gasteiger charge is 2.03. The van der Waals surface area contributed by atoms with Gasteiger partial charge in [-0.1, -0.05) is 11.6 Å². The van der Waals surface area contributed by atoms with Crippen molar-refractivity contribution in [2.24, 2.45) is 0 Å². The van der Waals surface area contributed by atoms with E-state index in [0.29, 0.717) is 9.50 Å². The average molecular weight is 335 g/mol. The Kier molecular flexibility index (Phi) is 2.94. The van der Waals surface area contributed by atoms with Crippen LogP contribution in [0, 0.1) is 9.39 Å². The van der Waals surface area contributed by atoms with Gasteiger partial charge in [0.15, 0.2) is 0 Å². The molecule has 0 radical (unpaired) electrons. The lowest BCUT2D eigenvalue weighted by molar-refractivity contribution is 0.626. The molecule has 0 fully saturated rings. The largest absolute Gasteiger partial charge is 0.207 e. The predicted octanol–water partition coefficient (Wildman–Crippen LogP) is 3.85. The molecule has 4 heteroatoms. The highest BCUT2D eigenvalue weighted by molar-refractivity contribution is 14.1. The number of hydrogen-bond acceptors (Lipinski definition) is 0. The summed E-state index contributed by atoms with van der Waals surface area (Å²) in [6, 6.07) is 2.67. The lowest BCUT2D eigenvalue weighted by Gasteiger charge is -1.97. The van der Waals surface area contributed by atoms with Crippen LogP contribution in [0.4, 0.5) is 4.39 Å². The number of rotatable bonds is 0. The molecule has 1 aromatic carbocycles. The molecule has 1 aromatic rings. The molecule has 0 spiro atoms. The zero-order valence-electron chi connectivity index (χ0n) is 4.67. The maximum atomic E-state index is 12.5. The van der Waals surface area contributed by atoms with E-state index in [9.17, 15) is 4.39 Å². The third-order valence-corrected chi connectivity index (χ3v) is 4.09. The van der Waals surface area contributed by atoms with Gasteiger partial charge in [0.25, 0.3) is 0 Å². The van der Waals surface area contributed by atoms with Crippen molar-refractivity contribution in [2.75, 3.05) is 0 Å². The van der Waals surface area contributed by atoms with Crippen molar-refractivity contribution < 1.29 is 4.39 Å². The van der Waals surface area contributed by atoms with Crippen molar-refractivity contribution in [3.8, 4) is 0 Å². The number of benzene rings is 1. The molecule has 0 N–H and O–H groups in total. The Labute approximate surface area is 85.0 Å². The molecule has 0 aliphatic heterocycles. The van der Waals surface area contributed by atoms with Crippen LogP contribution >= 0.6 is 50.1 Å². The Morgan fingerprint density at radius 1 is 1.50 bits per heavy atom. The summed E-state index contributed by atoms with van der Waals surface area (Å²) in [7, 11) is 0. The van der Waals surface area contributed by atoms with Crippen LogP contribution in [-0.2, 0) is 0 Å². The first-order valence-corrected chi connectivity index (χ1v) is 4.66. The summed E-state index contributed by atoms with van der Waals surface area (Å²) in [6.07, 6.45) is 0. The Hall–Kier alpha value is 0.650. The average Bonchev–Trinajstić information content (AvgIpc) is 1.82. The van der Waals surface area contributed by atoms with Gasteiger partial charge in [0.05, 0.1) is 5.02 Å². The first kappa shape index (κ1) is 8.74. The number of hydrogen-bond donors (Lipinski definition) is 0. The van der Waals surface area contributed by atoms with Gasteiger partial charge in [-0.05, 0) is 50.7 Å². The van der Waals surface area contributed by atoms with E-state index in [1.807, 2.05) is 22.6 Å². The molecule has 0 unspecified atom stereocenters. The molecule has 0 saturated carbocycles. The maximum Gasteiger partial charge on any atom is 0.125 e. The summed E-state index contributed by atoms with van der Waals surface area (Å²) in [5.41, 5.74) is 0. The predicted molar refractivity (Wildman–Crippen MR) is 51.8 cm³/mol. The Morgan fingerprint density at radius 3 is 2.60 bits per heavy atom. The summed E-state index contributed by atoms with van der Waals surface area (Å²) < 4.78 is 14.0. The molecule has 0 heterocycles. The second kappa shape index (κ2) is 3.36. The topological polar surface area (TPSA) is 0 Å². The van der Waals surface area contributed by atoms with Gasteiger partial charge >= 0.3 is 0 Å². The Balaban J connectivity index is 3.31. The fraction of sp³-hybridized carbons (Fsp3) is 0. The van der Waals surface area contributed by atoms with Gasteiger partial charge in [-0.15, -0.1) is 0 Å². The third kappa shape index (κ3) is 1.83. The minimum absolute atomic E-state index is 0.322. The van der Waals surface area contributed by atoms with Gasteiger partial charge < -0.3 is 0 Å². The van der Waals surface area contributed by atoms with E-state index in [1.165, 1.54) is 12.1 Å². The van der Waals surface area contributed by atoms with Crippen LogP contribution in [0.25, 0.3) is 0 Å². The lowest BCUT2D eigenvalue weighted by Crippen LogP contribution is -1.80. The van der Waals surface area contributed by atoms with Gasteiger partial charge in [-0.25, -0.2) is 4.39 Å². The summed E-state index contributed by atoms with van der Waals surface area (Å²) in [5, 5.41) is 0.437. The van der Waals surface area contributed by atoms with Crippen molar-refractivity contribution in [3.05, 3.63) is 31.0 Å². The van der Waals surface area contributed by atoms with E-state index in [-0.39, 0.29) is 5.82 Å². The molecule has 0 aromatic heterocycles. The molecule has 0 nitrogen and oxygen atoms in total. The van der Waals surface area contributed by atoms with Crippen LogP contribution in [0.3, 0.4) is 0 Å². The monoisotopic (exact) mass is 334 g/mol. The van der Waals surface area contributed by atoms with Gasteiger partial charge in [0.2, 0.25) is 0 Å². The zero-order chi connectivity index (χ0) is 7.72. The smallest absolute Gasteiger partial charge is 0.125 e. The van der Waals surface area contributed by atoms with Crippen LogP contribution < -0.4 is 0 Å². The quantitative estimate of drug-likeness (QED) is 0.384. The summed E-state index contributed by atoms with van der Waals surface area (Å²) in [6.45, 7) is 0. The van der Waals surface area contributed by atoms with Crippen LogP contribution in [0.1, 0.15) is 0 Å². The van der Waals surface area contributed by atoms with Gasteiger partial charge in [-0.3, -0.25) is 0 Å². The molecule has 0 aliphatic carbocycles. The Morgan fingerprint density at radius 2 is 2.10 bits per heavy atom. The highest BCUT2D eigenvalue weighted by atomic mass is 127. The second-order valence-corrected chi connectivity index (χ2v) is 4.02.